The molecule has 0 atom stereocenters. The second-order valence-electron chi connectivity index (χ2n) is 14.0. The fraction of sp³-hybridized carbons (Fsp3) is 0.143. The molecule has 0 heterocycles. The van der Waals surface area contributed by atoms with Crippen molar-refractivity contribution in [1.82, 2.24) is 0 Å². The minimum absolute atomic E-state index is 0.224. The molecular formula is C42H26O34. The predicted molar refractivity (Wildman–Crippen MR) is 223 cm³/mol. The number of carboxylic acids is 12. The van der Waals surface area contributed by atoms with Gasteiger partial charge in [0.15, 0.2) is 0 Å². The molecule has 3 aromatic carbocycles. The summed E-state index contributed by atoms with van der Waals surface area (Å²) in [5, 5.41) is 120. The number of carbonyl (C=O) groups excluding carboxylic acids is 6. The first-order valence-electron chi connectivity index (χ1n) is 19.6. The van der Waals surface area contributed by atoms with E-state index in [0.717, 1.165) is 0 Å². The molecule has 34 heteroatoms. The minimum atomic E-state index is -3.09. The molecule has 0 aliphatic heterocycles. The maximum atomic E-state index is 14.6. The number of hydrogen-bond donors (Lipinski definition) is 12. The lowest BCUT2D eigenvalue weighted by Gasteiger charge is -2.21. The molecule has 0 aliphatic rings. The summed E-state index contributed by atoms with van der Waals surface area (Å²) >= 11 is 0. The zero-order chi connectivity index (χ0) is 58.4. The lowest BCUT2D eigenvalue weighted by Crippen LogP contribution is -2.33. The van der Waals surface area contributed by atoms with Crippen LogP contribution in [-0.2, 0) is 18.9 Å². The first kappa shape index (κ1) is 58.8. The summed E-state index contributed by atoms with van der Waals surface area (Å²) in [5.74, 6) is -50.2. The van der Waals surface area contributed by atoms with Gasteiger partial charge in [-0.25, -0.2) is 86.3 Å². The number of carboxylic acid groups (broad SMARTS) is 12. The molecule has 0 aliphatic carbocycles. The number of ether oxygens (including phenoxy) is 4. The minimum Gasteiger partial charge on any atom is -0.478 e. The Hall–Kier alpha value is -11.5. The fourth-order valence-corrected chi connectivity index (χ4v) is 6.95. The van der Waals surface area contributed by atoms with E-state index < -0.39 is 221 Å². The molecule has 0 saturated carbocycles. The van der Waals surface area contributed by atoms with Gasteiger partial charge in [0.25, 0.3) is 0 Å². The second-order valence-corrected chi connectivity index (χ2v) is 14.0. The molecule has 0 amide bonds. The SMILES string of the molecule is CCCOC(=O)c1c(C(=O)O)c(C(=O)O)c(C(=O)OC(=O)c2c(C(=O)O)c(C(=O)O)c(C(=O)O)c(C(=O)O)c2C(=O)O)c(C(=O)OC(=O)c2c(C(=O)O)c(C(=O)O)c(C(=O)O)c(C(=O)O)c2C(=O)O)c1C(=O)OCCC. The molecule has 398 valence electrons. The number of aromatic carboxylic acids is 12. The van der Waals surface area contributed by atoms with E-state index in [1.54, 1.807) is 0 Å². The van der Waals surface area contributed by atoms with E-state index >= 15 is 0 Å². The van der Waals surface area contributed by atoms with Crippen LogP contribution in [0.1, 0.15) is 213 Å². The Bertz CT molecular complexity index is 3200. The van der Waals surface area contributed by atoms with Crippen molar-refractivity contribution in [3.8, 4) is 0 Å². The molecule has 76 heavy (non-hydrogen) atoms. The highest BCUT2D eigenvalue weighted by Crippen LogP contribution is 2.36. The molecule has 0 spiro atoms. The number of benzene rings is 3. The summed E-state index contributed by atoms with van der Waals surface area (Å²) < 4.78 is 18.5. The number of carbonyl (C=O) groups is 18. The molecule has 0 unspecified atom stereocenters. The average Bonchev–Trinajstić information content (AvgIpc) is 3.30. The van der Waals surface area contributed by atoms with Crippen molar-refractivity contribution in [2.75, 3.05) is 13.2 Å². The van der Waals surface area contributed by atoms with Crippen molar-refractivity contribution in [2.24, 2.45) is 0 Å². The summed E-state index contributed by atoms with van der Waals surface area (Å²) in [6.45, 7) is 0.752. The van der Waals surface area contributed by atoms with E-state index in [-0.39, 0.29) is 12.8 Å². The second kappa shape index (κ2) is 22.7. The zero-order valence-corrected chi connectivity index (χ0v) is 37.2. The zero-order valence-electron chi connectivity index (χ0n) is 37.2. The van der Waals surface area contributed by atoms with E-state index in [4.69, 9.17) is 9.47 Å². The van der Waals surface area contributed by atoms with Gasteiger partial charge in [-0.1, -0.05) is 13.8 Å². The highest BCUT2D eigenvalue weighted by molar-refractivity contribution is 6.29. The third kappa shape index (κ3) is 10.7. The van der Waals surface area contributed by atoms with Crippen LogP contribution in [0.25, 0.3) is 0 Å². The van der Waals surface area contributed by atoms with Gasteiger partial charge in [-0.05, 0) is 12.8 Å². The largest absolute Gasteiger partial charge is 0.478 e. The Morgan fingerprint density at radius 3 is 0.500 bits per heavy atom. The van der Waals surface area contributed by atoms with Crippen molar-refractivity contribution in [3.05, 3.63) is 100 Å². The Morgan fingerprint density at radius 2 is 0.342 bits per heavy atom. The van der Waals surface area contributed by atoms with Gasteiger partial charge in [0.05, 0.1) is 113 Å². The summed E-state index contributed by atoms with van der Waals surface area (Å²) in [5.41, 5.74) is -41.4. The van der Waals surface area contributed by atoms with E-state index in [2.05, 4.69) is 9.47 Å². The van der Waals surface area contributed by atoms with Gasteiger partial charge in [-0.15, -0.1) is 0 Å². The van der Waals surface area contributed by atoms with Gasteiger partial charge >= 0.3 is 107 Å². The maximum absolute atomic E-state index is 14.6. The van der Waals surface area contributed by atoms with Crippen LogP contribution in [0.3, 0.4) is 0 Å². The summed E-state index contributed by atoms with van der Waals surface area (Å²) in [6, 6.07) is 0. The number of hydrogen-bond acceptors (Lipinski definition) is 22. The van der Waals surface area contributed by atoms with E-state index in [1.165, 1.54) is 13.8 Å². The predicted octanol–water partition coefficient (Wildman–Crippen LogP) is 1.19. The van der Waals surface area contributed by atoms with Crippen LogP contribution in [0.15, 0.2) is 0 Å². The van der Waals surface area contributed by atoms with Crippen molar-refractivity contribution >= 4 is 107 Å². The molecule has 12 N–H and O–H groups in total. The van der Waals surface area contributed by atoms with E-state index in [1.807, 2.05) is 0 Å². The number of esters is 6. The van der Waals surface area contributed by atoms with Crippen molar-refractivity contribution in [2.45, 2.75) is 26.7 Å². The van der Waals surface area contributed by atoms with Crippen LogP contribution in [0.4, 0.5) is 0 Å². The highest BCUT2D eigenvalue weighted by atomic mass is 16.6. The molecule has 3 aromatic rings. The summed E-state index contributed by atoms with van der Waals surface area (Å²) in [6.07, 6.45) is -0.519. The van der Waals surface area contributed by atoms with Gasteiger partial charge in [0.1, 0.15) is 0 Å². The van der Waals surface area contributed by atoms with Gasteiger partial charge in [0.2, 0.25) is 0 Å². The molecule has 0 saturated heterocycles. The molecule has 0 bridgehead atoms. The van der Waals surface area contributed by atoms with Crippen molar-refractivity contribution in [1.29, 1.82) is 0 Å². The Balaban J connectivity index is 2.87. The molecule has 0 fully saturated rings. The van der Waals surface area contributed by atoms with Crippen LogP contribution >= 0.6 is 0 Å². The monoisotopic (exact) mass is 1070 g/mol. The van der Waals surface area contributed by atoms with Crippen molar-refractivity contribution in [3.63, 3.8) is 0 Å². The van der Waals surface area contributed by atoms with Gasteiger partial charge < -0.3 is 80.2 Å². The highest BCUT2D eigenvalue weighted by Gasteiger charge is 2.47. The quantitative estimate of drug-likeness (QED) is 0.0382. The first-order chi connectivity index (χ1) is 35.2. The topological polar surface area (TPSA) is 587 Å². The molecular weight excluding hydrogens is 1050 g/mol. The smallest absolute Gasteiger partial charge is 0.347 e. The third-order valence-corrected chi connectivity index (χ3v) is 9.54. The van der Waals surface area contributed by atoms with Crippen LogP contribution in [0.5, 0.6) is 0 Å². The van der Waals surface area contributed by atoms with Crippen LogP contribution in [0.2, 0.25) is 0 Å². The molecule has 0 radical (unpaired) electrons. The molecule has 34 nitrogen and oxygen atoms in total. The molecule has 3 rings (SSSR count). The van der Waals surface area contributed by atoms with Gasteiger partial charge in [-0.2, -0.15) is 0 Å². The normalized spacial score (nSPS) is 10.4. The van der Waals surface area contributed by atoms with E-state index in [0.29, 0.717) is 0 Å². The lowest BCUT2D eigenvalue weighted by atomic mass is 9.85. The van der Waals surface area contributed by atoms with E-state index in [9.17, 15) is 148 Å². The lowest BCUT2D eigenvalue weighted by molar-refractivity contribution is 0.0341. The fourth-order valence-electron chi connectivity index (χ4n) is 6.95. The molecule has 0 aromatic heterocycles. The maximum Gasteiger partial charge on any atom is 0.347 e. The van der Waals surface area contributed by atoms with Gasteiger partial charge in [-0.3, -0.25) is 0 Å². The number of rotatable bonds is 22. The standard InChI is InChI=1S/C42H26O34/c1-3-5-73-37(67)21-17(35(63)64)18(36(65)66)22(41(71)75-39(69)19-13(31(55)56)9(27(47)48)7(25(43)44)10(28(49)50)14(19)32(57)58)24(23(21)38(68)74-6-4-2)42(72)76-40(70)20-15(33(59)60)11(29(51)52)8(26(45)46)12(30(53)54)16(20)34(61)62/h3-6H2,1-2H3,(H,43,44)(H,45,46)(H,47,48)(H,49,50)(H,51,52)(H,53,54)(H,55,56)(H,57,58)(H,59,60)(H,61,62)(H,63,64)(H,65,66). The van der Waals surface area contributed by atoms with Gasteiger partial charge in [0, 0.05) is 0 Å². The Labute approximate surface area is 413 Å². The first-order valence-corrected chi connectivity index (χ1v) is 19.6. The van der Waals surface area contributed by atoms with Crippen LogP contribution in [0, 0.1) is 0 Å². The van der Waals surface area contributed by atoms with Crippen LogP contribution in [-0.4, -0.2) is 182 Å². The third-order valence-electron chi connectivity index (χ3n) is 9.54. The summed E-state index contributed by atoms with van der Waals surface area (Å²) in [7, 11) is 0. The Morgan fingerprint density at radius 1 is 0.224 bits per heavy atom. The summed E-state index contributed by atoms with van der Waals surface area (Å²) in [4.78, 5) is 235. The van der Waals surface area contributed by atoms with Crippen LogP contribution < -0.4 is 0 Å². The average molecular weight is 1070 g/mol. The van der Waals surface area contributed by atoms with Crippen molar-refractivity contribution < 1.29 is 167 Å². The Kier molecular flexibility index (Phi) is 17.6.